The number of halogens is 1. The smallest absolute Gasteiger partial charge is 0.244 e. The molecular formula is C13H16FN3O2S. The Balaban J connectivity index is 2.04. The highest BCUT2D eigenvalue weighted by Crippen LogP contribution is 2.16. The van der Waals surface area contributed by atoms with E-state index in [1.54, 1.807) is 26.0 Å². The third-order valence-electron chi connectivity index (χ3n) is 2.92. The van der Waals surface area contributed by atoms with Crippen molar-refractivity contribution in [1.82, 2.24) is 14.9 Å². The van der Waals surface area contributed by atoms with Gasteiger partial charge in [-0.15, -0.1) is 0 Å². The topological polar surface area (TPSA) is 74.8 Å². The van der Waals surface area contributed by atoms with E-state index >= 15 is 0 Å². The van der Waals surface area contributed by atoms with Crippen LogP contribution in [0.5, 0.6) is 0 Å². The van der Waals surface area contributed by atoms with E-state index < -0.39 is 10.0 Å². The Morgan fingerprint density at radius 1 is 1.35 bits per heavy atom. The summed E-state index contributed by atoms with van der Waals surface area (Å²) in [6, 6.07) is 6.10. The van der Waals surface area contributed by atoms with Crippen molar-refractivity contribution < 1.29 is 12.8 Å². The lowest BCUT2D eigenvalue weighted by Crippen LogP contribution is -2.26. The first kappa shape index (κ1) is 14.7. The van der Waals surface area contributed by atoms with Crippen molar-refractivity contribution in [3.63, 3.8) is 0 Å². The molecule has 1 aromatic heterocycles. The average Bonchev–Trinajstić information content (AvgIpc) is 2.69. The number of aromatic amines is 1. The molecule has 0 saturated carbocycles. The van der Waals surface area contributed by atoms with Gasteiger partial charge in [0, 0.05) is 6.54 Å². The summed E-state index contributed by atoms with van der Waals surface area (Å²) in [4.78, 5) is 0.178. The molecule has 2 N–H and O–H groups in total. The Hall–Kier alpha value is -1.73. The van der Waals surface area contributed by atoms with E-state index in [4.69, 9.17) is 0 Å². The molecule has 0 spiro atoms. The zero-order valence-corrected chi connectivity index (χ0v) is 12.1. The van der Waals surface area contributed by atoms with Gasteiger partial charge in [0.1, 0.15) is 10.7 Å². The van der Waals surface area contributed by atoms with Crippen LogP contribution >= 0.6 is 0 Å². The molecule has 0 aliphatic carbocycles. The van der Waals surface area contributed by atoms with Crippen molar-refractivity contribution >= 4 is 10.0 Å². The number of benzene rings is 1. The Morgan fingerprint density at radius 3 is 2.70 bits per heavy atom. The zero-order valence-electron chi connectivity index (χ0n) is 11.3. The van der Waals surface area contributed by atoms with Crippen LogP contribution in [0.3, 0.4) is 0 Å². The molecule has 108 valence electrons. The molecule has 0 saturated heterocycles. The molecule has 2 aromatic rings. The van der Waals surface area contributed by atoms with Crippen molar-refractivity contribution in [1.29, 1.82) is 0 Å². The molecule has 7 heteroatoms. The van der Waals surface area contributed by atoms with E-state index in [1.807, 2.05) is 0 Å². The van der Waals surface area contributed by atoms with E-state index in [2.05, 4.69) is 14.9 Å². The van der Waals surface area contributed by atoms with Crippen LogP contribution < -0.4 is 4.72 Å². The van der Waals surface area contributed by atoms with Crippen molar-refractivity contribution in [3.05, 3.63) is 47.0 Å². The standard InChI is InChI=1S/C13H16FN3O2S/c1-9-13(10(2)17-16-9)20(18,19)15-7-6-11-4-3-5-12(14)8-11/h3-5,8,15H,6-7H2,1-2H3,(H,16,17). The van der Waals surface area contributed by atoms with E-state index in [1.165, 1.54) is 12.1 Å². The van der Waals surface area contributed by atoms with Crippen LogP contribution in [0, 0.1) is 19.7 Å². The quantitative estimate of drug-likeness (QED) is 0.882. The predicted molar refractivity (Wildman–Crippen MR) is 73.4 cm³/mol. The highest BCUT2D eigenvalue weighted by atomic mass is 32.2. The van der Waals surface area contributed by atoms with Crippen molar-refractivity contribution in [2.75, 3.05) is 6.54 Å². The van der Waals surface area contributed by atoms with Gasteiger partial charge in [-0.2, -0.15) is 5.10 Å². The Morgan fingerprint density at radius 2 is 2.10 bits per heavy atom. The molecule has 0 aliphatic heterocycles. The molecule has 0 aliphatic rings. The molecule has 20 heavy (non-hydrogen) atoms. The summed E-state index contributed by atoms with van der Waals surface area (Å²) >= 11 is 0. The number of rotatable bonds is 5. The van der Waals surface area contributed by atoms with Gasteiger partial charge in [0.2, 0.25) is 10.0 Å². The summed E-state index contributed by atoms with van der Waals surface area (Å²) in [6.07, 6.45) is 0.424. The fourth-order valence-electron chi connectivity index (χ4n) is 2.03. The SMILES string of the molecule is Cc1n[nH]c(C)c1S(=O)(=O)NCCc1cccc(F)c1. The zero-order chi connectivity index (χ0) is 14.8. The number of sulfonamides is 1. The van der Waals surface area contributed by atoms with Crippen LogP contribution in [0.1, 0.15) is 17.0 Å². The maximum absolute atomic E-state index is 13.0. The maximum atomic E-state index is 13.0. The lowest BCUT2D eigenvalue weighted by Gasteiger charge is -2.07. The van der Waals surface area contributed by atoms with E-state index in [0.717, 1.165) is 5.56 Å². The van der Waals surface area contributed by atoms with Crippen LogP contribution in [0.4, 0.5) is 4.39 Å². The number of nitrogens with one attached hydrogen (secondary N) is 2. The summed E-state index contributed by atoms with van der Waals surface area (Å²) in [5.41, 5.74) is 1.68. The fourth-order valence-corrected chi connectivity index (χ4v) is 3.43. The highest BCUT2D eigenvalue weighted by molar-refractivity contribution is 7.89. The number of nitrogens with zero attached hydrogens (tertiary/aromatic N) is 1. The minimum absolute atomic E-state index is 0.178. The molecule has 0 bridgehead atoms. The molecule has 5 nitrogen and oxygen atoms in total. The van der Waals surface area contributed by atoms with Crippen LogP contribution in [0.25, 0.3) is 0 Å². The number of H-pyrrole nitrogens is 1. The number of hydrogen-bond acceptors (Lipinski definition) is 3. The third kappa shape index (κ3) is 3.23. The molecule has 1 aromatic carbocycles. The largest absolute Gasteiger partial charge is 0.281 e. The highest BCUT2D eigenvalue weighted by Gasteiger charge is 2.21. The summed E-state index contributed by atoms with van der Waals surface area (Å²) in [5, 5.41) is 6.51. The van der Waals surface area contributed by atoms with Gasteiger partial charge in [-0.05, 0) is 38.0 Å². The van der Waals surface area contributed by atoms with Gasteiger partial charge in [-0.25, -0.2) is 17.5 Å². The lowest BCUT2D eigenvalue weighted by atomic mass is 10.1. The van der Waals surface area contributed by atoms with E-state index in [0.29, 0.717) is 17.8 Å². The molecule has 2 rings (SSSR count). The second-order valence-electron chi connectivity index (χ2n) is 4.54. The first-order chi connectivity index (χ1) is 9.40. The molecule has 1 heterocycles. The summed E-state index contributed by atoms with van der Waals surface area (Å²) < 4.78 is 39.8. The van der Waals surface area contributed by atoms with Gasteiger partial charge >= 0.3 is 0 Å². The van der Waals surface area contributed by atoms with Crippen LogP contribution in [0.15, 0.2) is 29.2 Å². The number of hydrogen-bond donors (Lipinski definition) is 2. The molecular weight excluding hydrogens is 281 g/mol. The van der Waals surface area contributed by atoms with Crippen molar-refractivity contribution in [3.8, 4) is 0 Å². The first-order valence-electron chi connectivity index (χ1n) is 6.16. The van der Waals surface area contributed by atoms with Crippen LogP contribution in [0.2, 0.25) is 0 Å². The second-order valence-corrected chi connectivity index (χ2v) is 6.24. The van der Waals surface area contributed by atoms with Crippen molar-refractivity contribution in [2.24, 2.45) is 0 Å². The Bertz CT molecular complexity index is 691. The van der Waals surface area contributed by atoms with Gasteiger partial charge in [0.05, 0.1) is 11.4 Å². The molecule has 0 fully saturated rings. The number of aromatic nitrogens is 2. The molecule has 0 unspecified atom stereocenters. The van der Waals surface area contributed by atoms with Gasteiger partial charge in [0.25, 0.3) is 0 Å². The van der Waals surface area contributed by atoms with Gasteiger partial charge < -0.3 is 0 Å². The maximum Gasteiger partial charge on any atom is 0.244 e. The average molecular weight is 297 g/mol. The lowest BCUT2D eigenvalue weighted by molar-refractivity contribution is 0.580. The summed E-state index contributed by atoms with van der Waals surface area (Å²) in [7, 11) is -3.60. The minimum atomic E-state index is -3.60. The summed E-state index contributed by atoms with van der Waals surface area (Å²) in [6.45, 7) is 3.49. The van der Waals surface area contributed by atoms with Crippen LogP contribution in [-0.4, -0.2) is 25.2 Å². The minimum Gasteiger partial charge on any atom is -0.281 e. The third-order valence-corrected chi connectivity index (χ3v) is 4.65. The van der Waals surface area contributed by atoms with Gasteiger partial charge in [-0.3, -0.25) is 5.10 Å². The molecule has 0 radical (unpaired) electrons. The summed E-state index contributed by atoms with van der Waals surface area (Å²) in [5.74, 6) is -0.327. The molecule has 0 atom stereocenters. The van der Waals surface area contributed by atoms with E-state index in [9.17, 15) is 12.8 Å². The number of aryl methyl sites for hydroxylation is 2. The normalized spacial score (nSPS) is 11.8. The monoisotopic (exact) mass is 297 g/mol. The Kier molecular flexibility index (Phi) is 4.20. The molecule has 0 amide bonds. The fraction of sp³-hybridized carbons (Fsp3) is 0.308. The van der Waals surface area contributed by atoms with Gasteiger partial charge in [0.15, 0.2) is 0 Å². The predicted octanol–water partition coefficient (Wildman–Crippen LogP) is 1.69. The first-order valence-corrected chi connectivity index (χ1v) is 7.64. The van der Waals surface area contributed by atoms with Crippen LogP contribution in [-0.2, 0) is 16.4 Å². The van der Waals surface area contributed by atoms with E-state index in [-0.39, 0.29) is 17.3 Å². The van der Waals surface area contributed by atoms with Gasteiger partial charge in [-0.1, -0.05) is 12.1 Å². The second kappa shape index (κ2) is 5.72. The van der Waals surface area contributed by atoms with Crippen molar-refractivity contribution in [2.45, 2.75) is 25.2 Å². The Labute approximate surface area is 117 Å².